The molecule has 36 heavy (non-hydrogen) atoms. The van der Waals surface area contributed by atoms with E-state index in [9.17, 15) is 14.4 Å². The molecule has 0 aliphatic rings. The van der Waals surface area contributed by atoms with E-state index in [2.05, 4.69) is 15.6 Å². The van der Waals surface area contributed by atoms with Gasteiger partial charge in [-0.15, -0.1) is 11.3 Å². The van der Waals surface area contributed by atoms with Gasteiger partial charge in [0.25, 0.3) is 5.91 Å². The molecule has 192 valence electrons. The zero-order valence-corrected chi connectivity index (χ0v) is 21.4. The van der Waals surface area contributed by atoms with Crippen molar-refractivity contribution in [2.24, 2.45) is 0 Å². The van der Waals surface area contributed by atoms with Gasteiger partial charge in [-0.2, -0.15) is 0 Å². The fraction of sp³-hybridized carbons (Fsp3) is 0.360. The molecule has 2 heterocycles. The first-order chi connectivity index (χ1) is 17.4. The van der Waals surface area contributed by atoms with Crippen molar-refractivity contribution in [1.82, 2.24) is 15.2 Å². The Kier molecular flexibility index (Phi) is 9.87. The minimum atomic E-state index is -0.372. The van der Waals surface area contributed by atoms with Crippen LogP contribution in [0.15, 0.2) is 46.4 Å². The zero-order chi connectivity index (χ0) is 25.9. The van der Waals surface area contributed by atoms with E-state index in [-0.39, 0.29) is 36.4 Å². The van der Waals surface area contributed by atoms with Crippen molar-refractivity contribution < 1.29 is 28.3 Å². The Hall–Kier alpha value is -3.86. The van der Waals surface area contributed by atoms with Gasteiger partial charge in [-0.1, -0.05) is 13.0 Å². The number of furan rings is 1. The Bertz CT molecular complexity index is 1160. The lowest BCUT2D eigenvalue weighted by Crippen LogP contribution is -2.38. The van der Waals surface area contributed by atoms with E-state index in [1.165, 1.54) is 22.5 Å². The van der Waals surface area contributed by atoms with Gasteiger partial charge < -0.3 is 29.4 Å². The Labute approximate surface area is 213 Å². The SMILES string of the molecule is CCCN(CC(=O)Nc1nc(CC(=O)NCCc2ccc(OC)c(OC)c2)cs1)C(=O)c1ccco1. The number of methoxy groups -OCH3 is 2. The number of rotatable bonds is 13. The molecular formula is C25H30N4O6S. The Morgan fingerprint density at radius 3 is 2.61 bits per heavy atom. The monoisotopic (exact) mass is 514 g/mol. The number of nitrogens with one attached hydrogen (secondary N) is 2. The third-order valence-corrected chi connectivity index (χ3v) is 5.98. The third-order valence-electron chi connectivity index (χ3n) is 5.17. The van der Waals surface area contributed by atoms with Crippen molar-refractivity contribution in [2.75, 3.05) is 39.2 Å². The number of nitrogens with zero attached hydrogens (tertiary/aromatic N) is 2. The molecule has 10 nitrogen and oxygen atoms in total. The Morgan fingerprint density at radius 1 is 1.11 bits per heavy atom. The fourth-order valence-electron chi connectivity index (χ4n) is 3.47. The topological polar surface area (TPSA) is 123 Å². The molecule has 2 aromatic heterocycles. The summed E-state index contributed by atoms with van der Waals surface area (Å²) in [5, 5.41) is 7.67. The number of hydrogen-bond donors (Lipinski definition) is 2. The van der Waals surface area contributed by atoms with E-state index in [0.29, 0.717) is 48.3 Å². The summed E-state index contributed by atoms with van der Waals surface area (Å²) in [5.41, 5.74) is 1.56. The molecule has 0 aliphatic heterocycles. The first-order valence-corrected chi connectivity index (χ1v) is 12.4. The maximum Gasteiger partial charge on any atom is 0.290 e. The minimum Gasteiger partial charge on any atom is -0.493 e. The number of aromatic nitrogens is 1. The lowest BCUT2D eigenvalue weighted by atomic mass is 10.1. The van der Waals surface area contributed by atoms with Crippen LogP contribution in [0.4, 0.5) is 5.13 Å². The second-order valence-corrected chi connectivity index (χ2v) is 8.72. The van der Waals surface area contributed by atoms with Gasteiger partial charge in [0.05, 0.1) is 32.6 Å². The smallest absolute Gasteiger partial charge is 0.290 e. The van der Waals surface area contributed by atoms with Crippen LogP contribution in [0.2, 0.25) is 0 Å². The number of anilines is 1. The maximum absolute atomic E-state index is 12.5. The molecule has 3 aromatic rings. The van der Waals surface area contributed by atoms with Gasteiger partial charge in [0, 0.05) is 18.5 Å². The number of benzene rings is 1. The number of thiazole rings is 1. The summed E-state index contributed by atoms with van der Waals surface area (Å²) >= 11 is 1.22. The summed E-state index contributed by atoms with van der Waals surface area (Å²) in [7, 11) is 3.16. The van der Waals surface area contributed by atoms with Crippen LogP contribution in [0.3, 0.4) is 0 Å². The fourth-order valence-corrected chi connectivity index (χ4v) is 4.19. The number of hydrogen-bond acceptors (Lipinski definition) is 8. The van der Waals surface area contributed by atoms with Crippen molar-refractivity contribution in [3.05, 3.63) is 59.0 Å². The van der Waals surface area contributed by atoms with Crippen LogP contribution < -0.4 is 20.1 Å². The highest BCUT2D eigenvalue weighted by atomic mass is 32.1. The largest absolute Gasteiger partial charge is 0.493 e. The quantitative estimate of drug-likeness (QED) is 0.359. The lowest BCUT2D eigenvalue weighted by molar-refractivity contribution is -0.120. The second kappa shape index (κ2) is 13.3. The Morgan fingerprint density at radius 2 is 1.92 bits per heavy atom. The molecule has 0 fully saturated rings. The average Bonchev–Trinajstić information content (AvgIpc) is 3.55. The van der Waals surface area contributed by atoms with Gasteiger partial charge in [0.1, 0.15) is 6.54 Å². The molecule has 1 aromatic carbocycles. The van der Waals surface area contributed by atoms with E-state index in [4.69, 9.17) is 13.9 Å². The number of carbonyl (C=O) groups excluding carboxylic acids is 3. The van der Waals surface area contributed by atoms with E-state index in [1.807, 2.05) is 25.1 Å². The molecule has 3 amide bonds. The summed E-state index contributed by atoms with van der Waals surface area (Å²) in [6.45, 7) is 2.67. The molecule has 0 radical (unpaired) electrons. The van der Waals surface area contributed by atoms with Gasteiger partial charge >= 0.3 is 0 Å². The van der Waals surface area contributed by atoms with E-state index >= 15 is 0 Å². The van der Waals surface area contributed by atoms with E-state index in [1.54, 1.807) is 31.7 Å². The maximum atomic E-state index is 12.5. The van der Waals surface area contributed by atoms with Crippen molar-refractivity contribution in [3.63, 3.8) is 0 Å². The molecule has 11 heteroatoms. The Balaban J connectivity index is 1.45. The van der Waals surface area contributed by atoms with E-state index < -0.39 is 0 Å². The first kappa shape index (κ1) is 26.7. The molecule has 0 bridgehead atoms. The van der Waals surface area contributed by atoms with Gasteiger partial charge in [-0.25, -0.2) is 4.98 Å². The van der Waals surface area contributed by atoms with E-state index in [0.717, 1.165) is 5.56 Å². The average molecular weight is 515 g/mol. The van der Waals surface area contributed by atoms with Crippen molar-refractivity contribution >= 4 is 34.2 Å². The number of carbonyl (C=O) groups is 3. The summed E-state index contributed by atoms with van der Waals surface area (Å²) < 4.78 is 15.7. The molecule has 0 saturated carbocycles. The molecule has 0 atom stereocenters. The van der Waals surface area contributed by atoms with Crippen LogP contribution in [0.5, 0.6) is 11.5 Å². The van der Waals surface area contributed by atoms with Gasteiger partial charge in [-0.05, 0) is 42.7 Å². The third kappa shape index (κ3) is 7.57. The molecular weight excluding hydrogens is 484 g/mol. The molecule has 0 aliphatic carbocycles. The van der Waals surface area contributed by atoms with Crippen LogP contribution >= 0.6 is 11.3 Å². The van der Waals surface area contributed by atoms with Crippen LogP contribution in [0, 0.1) is 0 Å². The van der Waals surface area contributed by atoms with Crippen LogP contribution in [-0.2, 0) is 22.4 Å². The normalized spacial score (nSPS) is 10.5. The standard InChI is InChI=1S/C25H30N4O6S/c1-4-11-29(24(32)20-6-5-12-35-20)15-23(31)28-25-27-18(16-36-25)14-22(30)26-10-9-17-7-8-19(33-2)21(13-17)34-3/h5-8,12-13,16H,4,9-11,14-15H2,1-3H3,(H,26,30)(H,27,28,31). The molecule has 0 spiro atoms. The summed E-state index contributed by atoms with van der Waals surface area (Å²) in [5.74, 6) is 0.590. The predicted molar refractivity (Wildman–Crippen MR) is 136 cm³/mol. The zero-order valence-electron chi connectivity index (χ0n) is 20.5. The van der Waals surface area contributed by atoms with Crippen LogP contribution in [0.25, 0.3) is 0 Å². The van der Waals surface area contributed by atoms with Gasteiger partial charge in [0.2, 0.25) is 11.8 Å². The highest BCUT2D eigenvalue weighted by Crippen LogP contribution is 2.27. The molecule has 3 rings (SSSR count). The molecule has 0 unspecified atom stereocenters. The van der Waals surface area contributed by atoms with Crippen LogP contribution in [-0.4, -0.2) is 61.5 Å². The molecule has 2 N–H and O–H groups in total. The summed E-state index contributed by atoms with van der Waals surface area (Å²) in [4.78, 5) is 43.1. The van der Waals surface area contributed by atoms with Crippen molar-refractivity contribution in [1.29, 1.82) is 0 Å². The molecule has 0 saturated heterocycles. The second-order valence-electron chi connectivity index (χ2n) is 7.86. The summed E-state index contributed by atoms with van der Waals surface area (Å²) in [6.07, 6.45) is 2.84. The summed E-state index contributed by atoms with van der Waals surface area (Å²) in [6, 6.07) is 8.82. The predicted octanol–water partition coefficient (Wildman–Crippen LogP) is 3.15. The highest BCUT2D eigenvalue weighted by Gasteiger charge is 2.21. The lowest BCUT2D eigenvalue weighted by Gasteiger charge is -2.20. The van der Waals surface area contributed by atoms with Crippen molar-refractivity contribution in [2.45, 2.75) is 26.2 Å². The van der Waals surface area contributed by atoms with Gasteiger partial charge in [0.15, 0.2) is 22.4 Å². The van der Waals surface area contributed by atoms with Crippen molar-refractivity contribution in [3.8, 4) is 11.5 Å². The number of amides is 3. The van der Waals surface area contributed by atoms with Gasteiger partial charge in [-0.3, -0.25) is 14.4 Å². The van der Waals surface area contributed by atoms with Crippen LogP contribution in [0.1, 0.15) is 35.2 Å². The first-order valence-electron chi connectivity index (χ1n) is 11.5. The highest BCUT2D eigenvalue weighted by molar-refractivity contribution is 7.13. The minimum absolute atomic E-state index is 0.0945. The number of ether oxygens (including phenoxy) is 2.